The maximum Gasteiger partial charge on any atom is 0.129 e. The molecular weight excluding hydrogens is 344 g/mol. The Kier molecular flexibility index (Phi) is 7.61. The highest BCUT2D eigenvalue weighted by Gasteiger charge is 2.20. The summed E-state index contributed by atoms with van der Waals surface area (Å²) in [7, 11) is 0. The fourth-order valence-electron chi connectivity index (χ4n) is 3.23. The molecule has 0 amide bonds. The zero-order valence-corrected chi connectivity index (χ0v) is 16.5. The highest BCUT2D eigenvalue weighted by Crippen LogP contribution is 2.35. The number of hydrogen-bond donors (Lipinski definition) is 1. The van der Waals surface area contributed by atoms with Gasteiger partial charge in [-0.1, -0.05) is 68.0 Å². The van der Waals surface area contributed by atoms with Crippen molar-refractivity contribution in [2.75, 3.05) is 0 Å². The number of phenolic OH excluding ortho intramolecular Hbond substituents is 1. The lowest BCUT2D eigenvalue weighted by Crippen LogP contribution is -2.13. The topological polar surface area (TPSA) is 67.8 Å². The van der Waals surface area contributed by atoms with Gasteiger partial charge in [0.15, 0.2) is 0 Å². The number of nitrogens with zero attached hydrogens (tertiary/aromatic N) is 2. The van der Waals surface area contributed by atoms with Gasteiger partial charge in [-0.2, -0.15) is 10.5 Å². The van der Waals surface area contributed by atoms with E-state index >= 15 is 0 Å². The maximum absolute atomic E-state index is 9.39. The van der Waals surface area contributed by atoms with Gasteiger partial charge in [-0.25, -0.2) is 0 Å². The van der Waals surface area contributed by atoms with Crippen molar-refractivity contribution in [1.82, 2.24) is 0 Å². The second kappa shape index (κ2) is 10.1. The molecule has 1 aliphatic carbocycles. The van der Waals surface area contributed by atoms with Crippen LogP contribution in [0.4, 0.5) is 0 Å². The molecule has 0 heterocycles. The van der Waals surface area contributed by atoms with Crippen LogP contribution in [0.2, 0.25) is 0 Å². The smallest absolute Gasteiger partial charge is 0.129 e. The highest BCUT2D eigenvalue weighted by atomic mass is 16.3. The largest absolute Gasteiger partial charge is 0.508 e. The van der Waals surface area contributed by atoms with Crippen molar-refractivity contribution < 1.29 is 5.11 Å². The first kappa shape index (κ1) is 21.0. The van der Waals surface area contributed by atoms with Gasteiger partial charge in [-0.15, -0.1) is 0 Å². The summed E-state index contributed by atoms with van der Waals surface area (Å²) >= 11 is 0. The van der Waals surface area contributed by atoms with Crippen molar-refractivity contribution >= 4 is 6.08 Å². The fourth-order valence-corrected chi connectivity index (χ4v) is 3.23. The van der Waals surface area contributed by atoms with Crippen molar-refractivity contribution in [3.05, 3.63) is 83.0 Å². The van der Waals surface area contributed by atoms with Crippen LogP contribution in [-0.4, -0.2) is 5.11 Å². The Balaban J connectivity index is 1.95. The Morgan fingerprint density at radius 2 is 1.86 bits per heavy atom. The molecule has 3 nitrogen and oxygen atoms in total. The number of nitriles is 2. The summed E-state index contributed by atoms with van der Waals surface area (Å²) in [6, 6.07) is 10.9. The van der Waals surface area contributed by atoms with Crippen LogP contribution in [0.25, 0.3) is 6.08 Å². The second-order valence-corrected chi connectivity index (χ2v) is 7.65. The van der Waals surface area contributed by atoms with Gasteiger partial charge >= 0.3 is 0 Å². The lowest BCUT2D eigenvalue weighted by atomic mass is 9.78. The predicted molar refractivity (Wildman–Crippen MR) is 114 cm³/mol. The summed E-state index contributed by atoms with van der Waals surface area (Å²) in [6.07, 6.45) is 18.1. The number of aromatic hydroxyl groups is 1. The molecule has 1 aromatic carbocycles. The number of unbranched alkanes of at least 4 members (excludes halogenated alkanes) is 1. The zero-order chi connectivity index (χ0) is 20.4. The highest BCUT2D eigenvalue weighted by molar-refractivity contribution is 5.55. The molecule has 1 aliphatic rings. The fraction of sp³-hybridized carbons (Fsp3) is 0.280. The summed E-state index contributed by atoms with van der Waals surface area (Å²) in [5.41, 5.74) is 3.98. The van der Waals surface area contributed by atoms with E-state index in [-0.39, 0.29) is 16.7 Å². The third-order valence-electron chi connectivity index (χ3n) is 4.47. The average molecular weight is 370 g/mol. The molecule has 0 saturated heterocycles. The molecule has 2 rings (SSSR count). The van der Waals surface area contributed by atoms with Gasteiger partial charge in [0.1, 0.15) is 23.5 Å². The van der Waals surface area contributed by atoms with Gasteiger partial charge < -0.3 is 5.11 Å². The summed E-state index contributed by atoms with van der Waals surface area (Å²) in [4.78, 5) is 0. The van der Waals surface area contributed by atoms with Crippen LogP contribution in [0, 0.1) is 28.1 Å². The minimum atomic E-state index is 0.126. The third-order valence-corrected chi connectivity index (χ3v) is 4.47. The van der Waals surface area contributed by atoms with Gasteiger partial charge in [0, 0.05) is 0 Å². The van der Waals surface area contributed by atoms with Crippen LogP contribution in [0.1, 0.15) is 45.1 Å². The molecule has 142 valence electrons. The molecule has 0 bridgehead atoms. The van der Waals surface area contributed by atoms with Gasteiger partial charge in [0.25, 0.3) is 0 Å². The summed E-state index contributed by atoms with van der Waals surface area (Å²) < 4.78 is 0. The van der Waals surface area contributed by atoms with Crippen LogP contribution >= 0.6 is 0 Å². The minimum absolute atomic E-state index is 0.126. The molecule has 1 N–H and O–H groups in total. The first-order valence-corrected chi connectivity index (χ1v) is 9.48. The first-order valence-electron chi connectivity index (χ1n) is 9.48. The molecule has 0 fully saturated rings. The second-order valence-electron chi connectivity index (χ2n) is 7.65. The normalized spacial score (nSPS) is 15.6. The zero-order valence-electron chi connectivity index (χ0n) is 16.5. The Labute approximate surface area is 167 Å². The summed E-state index contributed by atoms with van der Waals surface area (Å²) in [5.74, 6) is 0.279. The van der Waals surface area contributed by atoms with E-state index in [0.29, 0.717) is 0 Å². The molecule has 3 heteroatoms. The first-order chi connectivity index (χ1) is 13.4. The number of hydrogen-bond acceptors (Lipinski definition) is 3. The molecule has 0 aromatic heterocycles. The molecule has 0 spiro atoms. The van der Waals surface area contributed by atoms with Gasteiger partial charge in [-0.3, -0.25) is 0 Å². The molecule has 0 atom stereocenters. The molecular formula is C25H26N2O. The van der Waals surface area contributed by atoms with E-state index in [1.165, 1.54) is 11.1 Å². The van der Waals surface area contributed by atoms with Crippen LogP contribution in [0.15, 0.2) is 77.4 Å². The lowest BCUT2D eigenvalue weighted by Gasteiger charge is -2.27. The number of benzene rings is 1. The van der Waals surface area contributed by atoms with E-state index < -0.39 is 0 Å². The predicted octanol–water partition coefficient (Wildman–Crippen LogP) is 6.39. The number of phenols is 1. The van der Waals surface area contributed by atoms with Crippen LogP contribution in [0.3, 0.4) is 0 Å². The quantitative estimate of drug-likeness (QED) is 0.343. The summed E-state index contributed by atoms with van der Waals surface area (Å²) in [5, 5.41) is 26.8. The van der Waals surface area contributed by atoms with Crippen LogP contribution in [0.5, 0.6) is 5.75 Å². The van der Waals surface area contributed by atoms with Gasteiger partial charge in [0.2, 0.25) is 0 Å². The van der Waals surface area contributed by atoms with Crippen LogP contribution < -0.4 is 0 Å². The Bertz CT molecular complexity index is 895. The Morgan fingerprint density at radius 1 is 1.14 bits per heavy atom. The molecule has 0 unspecified atom stereocenters. The number of rotatable bonds is 7. The molecule has 28 heavy (non-hydrogen) atoms. The van der Waals surface area contributed by atoms with E-state index in [1.54, 1.807) is 24.3 Å². The van der Waals surface area contributed by atoms with Crippen molar-refractivity contribution in [1.29, 1.82) is 10.5 Å². The van der Waals surface area contributed by atoms with E-state index in [4.69, 9.17) is 10.5 Å². The van der Waals surface area contributed by atoms with Crippen molar-refractivity contribution in [3.63, 3.8) is 0 Å². The third kappa shape index (κ3) is 7.14. The molecule has 0 aliphatic heterocycles. The maximum atomic E-state index is 9.39. The van der Waals surface area contributed by atoms with E-state index in [1.807, 2.05) is 30.3 Å². The van der Waals surface area contributed by atoms with Gasteiger partial charge in [0.05, 0.1) is 0 Å². The van der Waals surface area contributed by atoms with Crippen molar-refractivity contribution in [2.45, 2.75) is 39.5 Å². The standard InChI is InChI=1S/C25H26N2O/c1-25(2)16-21(7-5-3-4-6-8-23(18-26)19-27)15-22(17-25)10-9-20-11-13-24(28)14-12-20/h4,6,8-16,28H,3,5,7,17H2,1-2H3. The van der Waals surface area contributed by atoms with Crippen molar-refractivity contribution in [3.8, 4) is 17.9 Å². The minimum Gasteiger partial charge on any atom is -0.508 e. The molecule has 0 radical (unpaired) electrons. The van der Waals surface area contributed by atoms with E-state index in [0.717, 1.165) is 31.2 Å². The SMILES string of the molecule is CC1(C)C=C(CCCC=CC=C(C#N)C#N)C=C(C=Cc2ccc(O)cc2)C1. The van der Waals surface area contributed by atoms with E-state index in [2.05, 4.69) is 38.2 Å². The monoisotopic (exact) mass is 370 g/mol. The average Bonchev–Trinajstić information content (AvgIpc) is 2.66. The van der Waals surface area contributed by atoms with Gasteiger partial charge in [-0.05, 0) is 60.4 Å². The Morgan fingerprint density at radius 3 is 2.54 bits per heavy atom. The van der Waals surface area contributed by atoms with E-state index in [9.17, 15) is 5.11 Å². The Hall–Kier alpha value is -3.30. The lowest BCUT2D eigenvalue weighted by molar-refractivity contribution is 0.468. The summed E-state index contributed by atoms with van der Waals surface area (Å²) in [6.45, 7) is 4.51. The van der Waals surface area contributed by atoms with Crippen LogP contribution in [-0.2, 0) is 0 Å². The van der Waals surface area contributed by atoms with Crippen molar-refractivity contribution in [2.24, 2.45) is 5.41 Å². The number of allylic oxidation sites excluding steroid dienone is 9. The molecule has 0 saturated carbocycles. The molecule has 1 aromatic rings.